The fraction of sp³-hybridized carbons (Fsp3) is 0.304. The first kappa shape index (κ1) is 22.1. The molecule has 7 nitrogen and oxygen atoms in total. The molecule has 1 aliphatic rings. The highest BCUT2D eigenvalue weighted by atomic mass is 35.5. The largest absolute Gasteiger partial charge is 0.349 e. The summed E-state index contributed by atoms with van der Waals surface area (Å²) < 4.78 is 1.68. The van der Waals surface area contributed by atoms with Crippen LogP contribution in [0.25, 0.3) is 15.4 Å². The number of fused-ring (bicyclic) bond motifs is 1. The van der Waals surface area contributed by atoms with Gasteiger partial charge in [0.15, 0.2) is 15.8 Å². The second-order valence-corrected chi connectivity index (χ2v) is 10.6. The van der Waals surface area contributed by atoms with Crippen LogP contribution in [-0.2, 0) is 0 Å². The molecule has 1 saturated heterocycles. The van der Waals surface area contributed by atoms with Crippen molar-refractivity contribution in [2.45, 2.75) is 33.2 Å². The second kappa shape index (κ2) is 8.55. The normalized spacial score (nSPS) is 15.6. The zero-order chi connectivity index (χ0) is 23.3. The van der Waals surface area contributed by atoms with E-state index in [2.05, 4.69) is 41.3 Å². The number of thiazole rings is 2. The molecule has 0 saturated carbocycles. The Labute approximate surface area is 204 Å². The van der Waals surface area contributed by atoms with Crippen LogP contribution >= 0.6 is 34.3 Å². The molecule has 2 amide bonds. The molecule has 0 aliphatic carbocycles. The molecule has 170 valence electrons. The van der Waals surface area contributed by atoms with Crippen LogP contribution in [0.5, 0.6) is 0 Å². The molecular formula is C23H22ClN5O2S2. The SMILES string of the molecule is Cc1nc(C(=O)N2CC[C@H]2CNC(=O)c2c(Cl)nc3sccn23)c(-c2ccc(C)c(C)c2)s1. The van der Waals surface area contributed by atoms with E-state index in [9.17, 15) is 9.59 Å². The van der Waals surface area contributed by atoms with E-state index in [1.807, 2.05) is 18.4 Å². The van der Waals surface area contributed by atoms with E-state index in [0.717, 1.165) is 21.9 Å². The molecule has 10 heteroatoms. The fourth-order valence-corrected chi connectivity index (χ4v) is 5.89. The van der Waals surface area contributed by atoms with Crippen molar-refractivity contribution in [3.63, 3.8) is 0 Å². The number of hydrogen-bond acceptors (Lipinski definition) is 6. The maximum atomic E-state index is 13.4. The van der Waals surface area contributed by atoms with Gasteiger partial charge in [0.1, 0.15) is 5.69 Å². The minimum Gasteiger partial charge on any atom is -0.349 e. The van der Waals surface area contributed by atoms with Crippen LogP contribution in [0.2, 0.25) is 5.15 Å². The third kappa shape index (κ3) is 3.94. The quantitative estimate of drug-likeness (QED) is 0.430. The van der Waals surface area contributed by atoms with Crippen molar-refractivity contribution in [1.29, 1.82) is 0 Å². The molecule has 0 spiro atoms. The summed E-state index contributed by atoms with van der Waals surface area (Å²) in [4.78, 5) is 38.3. The standard InChI is InChI=1S/C23H22ClN5O2S2/c1-12-4-5-15(10-13(12)2)19-17(26-14(3)33-19)22(31)28-7-6-16(28)11-25-21(30)18-20(24)27-23-29(18)8-9-32-23/h4-5,8-10,16H,6-7,11H2,1-3H3,(H,25,30)/t16-/m0/s1. The number of aryl methyl sites for hydroxylation is 3. The van der Waals surface area contributed by atoms with Gasteiger partial charge >= 0.3 is 0 Å². The molecule has 1 N–H and O–H groups in total. The first-order valence-corrected chi connectivity index (χ1v) is 12.7. The van der Waals surface area contributed by atoms with E-state index in [4.69, 9.17) is 11.6 Å². The summed E-state index contributed by atoms with van der Waals surface area (Å²) in [5.74, 6) is -0.397. The van der Waals surface area contributed by atoms with Crippen molar-refractivity contribution in [1.82, 2.24) is 24.6 Å². The predicted molar refractivity (Wildman–Crippen MR) is 132 cm³/mol. The van der Waals surface area contributed by atoms with Gasteiger partial charge in [-0.15, -0.1) is 22.7 Å². The average molecular weight is 500 g/mol. The summed E-state index contributed by atoms with van der Waals surface area (Å²) in [6, 6.07) is 6.14. The van der Waals surface area contributed by atoms with Gasteiger partial charge in [0.2, 0.25) is 0 Å². The van der Waals surface area contributed by atoms with Gasteiger partial charge in [-0.25, -0.2) is 9.97 Å². The van der Waals surface area contributed by atoms with Crippen LogP contribution in [0.4, 0.5) is 0 Å². The van der Waals surface area contributed by atoms with E-state index in [1.165, 1.54) is 33.8 Å². The highest BCUT2D eigenvalue weighted by Crippen LogP contribution is 2.33. The fourth-order valence-electron chi connectivity index (χ4n) is 3.96. The monoisotopic (exact) mass is 499 g/mol. The molecule has 1 atom stereocenters. The summed E-state index contributed by atoms with van der Waals surface area (Å²) in [6.07, 6.45) is 2.59. The number of likely N-dealkylation sites (tertiary alicyclic amines) is 1. The predicted octanol–water partition coefficient (Wildman–Crippen LogP) is 4.74. The summed E-state index contributed by atoms with van der Waals surface area (Å²) in [6.45, 7) is 7.05. The Morgan fingerprint density at radius 3 is 2.76 bits per heavy atom. The van der Waals surface area contributed by atoms with Crippen LogP contribution in [0.15, 0.2) is 29.8 Å². The first-order valence-electron chi connectivity index (χ1n) is 10.6. The van der Waals surface area contributed by atoms with E-state index in [1.54, 1.807) is 15.5 Å². The Bertz CT molecular complexity index is 1390. The molecule has 3 aromatic heterocycles. The van der Waals surface area contributed by atoms with Gasteiger partial charge < -0.3 is 10.2 Å². The van der Waals surface area contributed by atoms with E-state index in [-0.39, 0.29) is 23.0 Å². The number of carbonyl (C=O) groups is 2. The Hall–Kier alpha value is -2.75. The molecule has 0 bridgehead atoms. The lowest BCUT2D eigenvalue weighted by atomic mass is 10.0. The van der Waals surface area contributed by atoms with Gasteiger partial charge in [-0.05, 0) is 43.9 Å². The first-order chi connectivity index (χ1) is 15.8. The third-order valence-electron chi connectivity index (χ3n) is 6.04. The summed E-state index contributed by atoms with van der Waals surface area (Å²) in [7, 11) is 0. The Morgan fingerprint density at radius 1 is 1.21 bits per heavy atom. The number of nitrogens with one attached hydrogen (secondary N) is 1. The lowest BCUT2D eigenvalue weighted by Crippen LogP contribution is -2.56. The number of nitrogens with zero attached hydrogens (tertiary/aromatic N) is 4. The molecule has 4 aromatic rings. The van der Waals surface area contributed by atoms with Crippen molar-refractivity contribution in [3.05, 3.63) is 62.5 Å². The Morgan fingerprint density at radius 2 is 2.03 bits per heavy atom. The lowest BCUT2D eigenvalue weighted by molar-refractivity contribution is 0.0451. The van der Waals surface area contributed by atoms with Gasteiger partial charge in [0.25, 0.3) is 11.8 Å². The number of aromatic nitrogens is 3. The van der Waals surface area contributed by atoms with E-state index in [0.29, 0.717) is 29.4 Å². The van der Waals surface area contributed by atoms with Gasteiger partial charge in [-0.2, -0.15) is 0 Å². The van der Waals surface area contributed by atoms with Gasteiger partial charge in [0, 0.05) is 24.7 Å². The molecule has 5 rings (SSSR count). The maximum absolute atomic E-state index is 13.4. The van der Waals surface area contributed by atoms with Crippen molar-refractivity contribution >= 4 is 51.0 Å². The minimum absolute atomic E-state index is 0.0827. The summed E-state index contributed by atoms with van der Waals surface area (Å²) >= 11 is 9.11. The topological polar surface area (TPSA) is 79.6 Å². The highest BCUT2D eigenvalue weighted by Gasteiger charge is 2.35. The van der Waals surface area contributed by atoms with Crippen LogP contribution in [0.3, 0.4) is 0 Å². The average Bonchev–Trinajstić information content (AvgIpc) is 3.43. The van der Waals surface area contributed by atoms with Crippen molar-refractivity contribution in [2.24, 2.45) is 0 Å². The van der Waals surface area contributed by atoms with Gasteiger partial charge in [-0.3, -0.25) is 14.0 Å². The lowest BCUT2D eigenvalue weighted by Gasteiger charge is -2.40. The minimum atomic E-state index is -0.300. The Kier molecular flexibility index (Phi) is 5.72. The third-order valence-corrected chi connectivity index (χ3v) is 8.08. The van der Waals surface area contributed by atoms with Crippen LogP contribution in [0, 0.1) is 20.8 Å². The number of carbonyl (C=O) groups excluding carboxylic acids is 2. The van der Waals surface area contributed by atoms with E-state index < -0.39 is 0 Å². The molecular weight excluding hydrogens is 478 g/mol. The van der Waals surface area contributed by atoms with Crippen LogP contribution in [0.1, 0.15) is 43.5 Å². The zero-order valence-corrected chi connectivity index (χ0v) is 20.8. The molecule has 4 heterocycles. The molecule has 1 aliphatic heterocycles. The number of imidazole rings is 1. The molecule has 1 aromatic carbocycles. The molecule has 0 unspecified atom stereocenters. The van der Waals surface area contributed by atoms with Gasteiger partial charge in [0.05, 0.1) is 15.9 Å². The van der Waals surface area contributed by atoms with Crippen molar-refractivity contribution in [3.8, 4) is 10.4 Å². The number of amides is 2. The van der Waals surface area contributed by atoms with Crippen LogP contribution in [-0.4, -0.2) is 50.2 Å². The van der Waals surface area contributed by atoms with Crippen molar-refractivity contribution in [2.75, 3.05) is 13.1 Å². The molecule has 33 heavy (non-hydrogen) atoms. The number of halogens is 1. The number of benzene rings is 1. The smallest absolute Gasteiger partial charge is 0.274 e. The summed E-state index contributed by atoms with van der Waals surface area (Å²) in [5, 5.41) is 5.80. The second-order valence-electron chi connectivity index (χ2n) is 8.17. The van der Waals surface area contributed by atoms with E-state index >= 15 is 0 Å². The molecule has 0 radical (unpaired) electrons. The zero-order valence-electron chi connectivity index (χ0n) is 18.4. The number of rotatable bonds is 5. The number of hydrogen-bond donors (Lipinski definition) is 1. The highest BCUT2D eigenvalue weighted by molar-refractivity contribution is 7.15. The summed E-state index contributed by atoms with van der Waals surface area (Å²) in [5.41, 5.74) is 4.20. The maximum Gasteiger partial charge on any atom is 0.274 e. The Balaban J connectivity index is 1.31. The van der Waals surface area contributed by atoms with Crippen molar-refractivity contribution < 1.29 is 9.59 Å². The molecule has 1 fully saturated rings. The van der Waals surface area contributed by atoms with Crippen LogP contribution < -0.4 is 5.32 Å². The van der Waals surface area contributed by atoms with Gasteiger partial charge in [-0.1, -0.05) is 29.8 Å².